The first-order valence-corrected chi connectivity index (χ1v) is 7.32. The molecule has 1 atom stereocenters. The minimum Gasteiger partial charge on any atom is -0.346 e. The summed E-state index contributed by atoms with van der Waals surface area (Å²) in [6.45, 7) is 2.25. The van der Waals surface area contributed by atoms with Gasteiger partial charge in [0.05, 0.1) is 10.2 Å². The molecular formula is C14H19N3S. The van der Waals surface area contributed by atoms with Crippen LogP contribution in [0.2, 0.25) is 0 Å². The van der Waals surface area contributed by atoms with Crippen LogP contribution in [0.3, 0.4) is 0 Å². The SMILES string of the molecule is CN(C)C1CCCN(c2nc3ccccc3s2)C1. The summed E-state index contributed by atoms with van der Waals surface area (Å²) in [5.74, 6) is 0. The molecule has 1 aliphatic heterocycles. The second kappa shape index (κ2) is 4.86. The Labute approximate surface area is 112 Å². The van der Waals surface area contributed by atoms with Crippen LogP contribution in [0, 0.1) is 0 Å². The second-order valence-electron chi connectivity index (χ2n) is 5.17. The van der Waals surface area contributed by atoms with Crippen molar-refractivity contribution in [1.82, 2.24) is 9.88 Å². The van der Waals surface area contributed by atoms with E-state index in [2.05, 4.69) is 48.2 Å². The Kier molecular flexibility index (Phi) is 3.22. The highest BCUT2D eigenvalue weighted by molar-refractivity contribution is 7.22. The number of para-hydroxylation sites is 1. The van der Waals surface area contributed by atoms with Crippen molar-refractivity contribution < 1.29 is 0 Å². The fourth-order valence-corrected chi connectivity index (χ4v) is 3.55. The van der Waals surface area contributed by atoms with E-state index in [1.807, 2.05) is 11.3 Å². The van der Waals surface area contributed by atoms with Crippen LogP contribution in [0.4, 0.5) is 5.13 Å². The average Bonchev–Trinajstić information content (AvgIpc) is 2.82. The number of rotatable bonds is 2. The van der Waals surface area contributed by atoms with Crippen LogP contribution in [0.15, 0.2) is 24.3 Å². The Hall–Kier alpha value is -1.13. The molecule has 1 fully saturated rings. The van der Waals surface area contributed by atoms with Crippen LogP contribution in [-0.4, -0.2) is 43.1 Å². The predicted octanol–water partition coefficient (Wildman–Crippen LogP) is 2.83. The highest BCUT2D eigenvalue weighted by atomic mass is 32.1. The maximum atomic E-state index is 4.76. The van der Waals surface area contributed by atoms with Crippen molar-refractivity contribution in [2.75, 3.05) is 32.1 Å². The number of fused-ring (bicyclic) bond motifs is 1. The Morgan fingerprint density at radius 3 is 2.94 bits per heavy atom. The standard InChI is InChI=1S/C14H19N3S/c1-16(2)11-6-5-9-17(10-11)14-15-12-7-3-4-8-13(12)18-14/h3-4,7-8,11H,5-6,9-10H2,1-2H3. The molecule has 0 spiro atoms. The van der Waals surface area contributed by atoms with Gasteiger partial charge in [-0.1, -0.05) is 23.5 Å². The third-order valence-electron chi connectivity index (χ3n) is 3.68. The molecule has 1 aromatic heterocycles. The molecule has 2 heterocycles. The van der Waals surface area contributed by atoms with E-state index in [-0.39, 0.29) is 0 Å². The lowest BCUT2D eigenvalue weighted by Gasteiger charge is -2.35. The van der Waals surface area contributed by atoms with Crippen LogP contribution in [0.25, 0.3) is 10.2 Å². The van der Waals surface area contributed by atoms with Gasteiger partial charge in [0.15, 0.2) is 5.13 Å². The van der Waals surface area contributed by atoms with Gasteiger partial charge in [0, 0.05) is 19.1 Å². The maximum absolute atomic E-state index is 4.76. The molecule has 2 aromatic rings. The molecule has 3 rings (SSSR count). The van der Waals surface area contributed by atoms with Gasteiger partial charge < -0.3 is 9.80 Å². The molecule has 3 nitrogen and oxygen atoms in total. The molecule has 0 bridgehead atoms. The third kappa shape index (κ3) is 2.22. The van der Waals surface area contributed by atoms with Crippen LogP contribution in [0.5, 0.6) is 0 Å². The van der Waals surface area contributed by atoms with E-state index >= 15 is 0 Å². The third-order valence-corrected chi connectivity index (χ3v) is 4.78. The van der Waals surface area contributed by atoms with Gasteiger partial charge >= 0.3 is 0 Å². The number of nitrogens with zero attached hydrogens (tertiary/aromatic N) is 3. The number of hydrogen-bond acceptors (Lipinski definition) is 4. The fourth-order valence-electron chi connectivity index (χ4n) is 2.55. The van der Waals surface area contributed by atoms with Gasteiger partial charge in [0.1, 0.15) is 0 Å². The zero-order valence-electron chi connectivity index (χ0n) is 11.0. The Morgan fingerprint density at radius 1 is 1.33 bits per heavy atom. The van der Waals surface area contributed by atoms with Gasteiger partial charge in [0.25, 0.3) is 0 Å². The fraction of sp³-hybridized carbons (Fsp3) is 0.500. The van der Waals surface area contributed by atoms with E-state index < -0.39 is 0 Å². The number of anilines is 1. The van der Waals surface area contributed by atoms with Gasteiger partial charge in [-0.05, 0) is 39.1 Å². The molecule has 1 aromatic carbocycles. The molecule has 1 saturated heterocycles. The van der Waals surface area contributed by atoms with E-state index in [0.29, 0.717) is 6.04 Å². The minimum absolute atomic E-state index is 0.658. The Bertz CT molecular complexity index is 502. The van der Waals surface area contributed by atoms with Crippen molar-refractivity contribution in [2.45, 2.75) is 18.9 Å². The van der Waals surface area contributed by atoms with Gasteiger partial charge in [0.2, 0.25) is 0 Å². The summed E-state index contributed by atoms with van der Waals surface area (Å²) in [5.41, 5.74) is 1.13. The van der Waals surface area contributed by atoms with Crippen molar-refractivity contribution in [3.63, 3.8) is 0 Å². The van der Waals surface area contributed by atoms with Crippen LogP contribution >= 0.6 is 11.3 Å². The van der Waals surface area contributed by atoms with Gasteiger partial charge in [-0.3, -0.25) is 0 Å². The van der Waals surface area contributed by atoms with Crippen LogP contribution < -0.4 is 4.90 Å². The molecule has 0 N–H and O–H groups in total. The Morgan fingerprint density at radius 2 is 2.17 bits per heavy atom. The lowest BCUT2D eigenvalue weighted by atomic mass is 10.1. The van der Waals surface area contributed by atoms with E-state index in [0.717, 1.165) is 18.6 Å². The number of benzene rings is 1. The smallest absolute Gasteiger partial charge is 0.186 e. The van der Waals surface area contributed by atoms with E-state index in [4.69, 9.17) is 4.98 Å². The maximum Gasteiger partial charge on any atom is 0.186 e. The number of thiazole rings is 1. The monoisotopic (exact) mass is 261 g/mol. The number of aromatic nitrogens is 1. The Balaban J connectivity index is 1.85. The zero-order chi connectivity index (χ0) is 12.5. The molecule has 1 unspecified atom stereocenters. The summed E-state index contributed by atoms with van der Waals surface area (Å²) >= 11 is 1.81. The van der Waals surface area contributed by atoms with E-state index in [9.17, 15) is 0 Å². The number of hydrogen-bond donors (Lipinski definition) is 0. The van der Waals surface area contributed by atoms with Crippen LogP contribution in [-0.2, 0) is 0 Å². The molecular weight excluding hydrogens is 242 g/mol. The summed E-state index contributed by atoms with van der Waals surface area (Å²) in [6.07, 6.45) is 2.56. The minimum atomic E-state index is 0.658. The normalized spacial score (nSPS) is 20.8. The molecule has 0 radical (unpaired) electrons. The highest BCUT2D eigenvalue weighted by Crippen LogP contribution is 2.30. The number of likely N-dealkylation sites (N-methyl/N-ethyl adjacent to an activating group) is 1. The van der Waals surface area contributed by atoms with E-state index in [1.54, 1.807) is 0 Å². The summed E-state index contributed by atoms with van der Waals surface area (Å²) in [5, 5.41) is 1.18. The summed E-state index contributed by atoms with van der Waals surface area (Å²) in [6, 6.07) is 9.06. The quantitative estimate of drug-likeness (QED) is 0.828. The van der Waals surface area contributed by atoms with Gasteiger partial charge in [-0.2, -0.15) is 0 Å². The van der Waals surface area contributed by atoms with E-state index in [1.165, 1.54) is 22.7 Å². The van der Waals surface area contributed by atoms with Crippen LogP contribution in [0.1, 0.15) is 12.8 Å². The molecule has 4 heteroatoms. The highest BCUT2D eigenvalue weighted by Gasteiger charge is 2.23. The zero-order valence-corrected chi connectivity index (χ0v) is 11.8. The van der Waals surface area contributed by atoms with Crippen molar-refractivity contribution >= 4 is 26.7 Å². The predicted molar refractivity (Wildman–Crippen MR) is 78.5 cm³/mol. The second-order valence-corrected chi connectivity index (χ2v) is 6.18. The van der Waals surface area contributed by atoms with Crippen molar-refractivity contribution in [2.24, 2.45) is 0 Å². The number of piperidine rings is 1. The lowest BCUT2D eigenvalue weighted by Crippen LogP contribution is -2.45. The molecule has 18 heavy (non-hydrogen) atoms. The first kappa shape index (κ1) is 11.9. The average molecular weight is 261 g/mol. The largest absolute Gasteiger partial charge is 0.346 e. The van der Waals surface area contributed by atoms with Gasteiger partial charge in [-0.25, -0.2) is 4.98 Å². The molecule has 1 aliphatic rings. The first-order chi connectivity index (χ1) is 8.74. The lowest BCUT2D eigenvalue weighted by molar-refractivity contribution is 0.258. The van der Waals surface area contributed by atoms with Gasteiger partial charge in [-0.15, -0.1) is 0 Å². The molecule has 0 saturated carbocycles. The summed E-state index contributed by atoms with van der Waals surface area (Å²) in [4.78, 5) is 9.53. The summed E-state index contributed by atoms with van der Waals surface area (Å²) < 4.78 is 1.29. The summed E-state index contributed by atoms with van der Waals surface area (Å²) in [7, 11) is 4.35. The molecule has 0 amide bonds. The van der Waals surface area contributed by atoms with Crippen molar-refractivity contribution in [3.05, 3.63) is 24.3 Å². The first-order valence-electron chi connectivity index (χ1n) is 6.51. The van der Waals surface area contributed by atoms with Crippen molar-refractivity contribution in [1.29, 1.82) is 0 Å². The molecule has 96 valence electrons. The molecule has 0 aliphatic carbocycles. The van der Waals surface area contributed by atoms with Crippen molar-refractivity contribution in [3.8, 4) is 0 Å². The topological polar surface area (TPSA) is 19.4 Å².